The Morgan fingerprint density at radius 2 is 1.68 bits per heavy atom. The Labute approximate surface area is 140 Å². The molecule has 0 aliphatic carbocycles. The minimum atomic E-state index is -1.59. The lowest BCUT2D eigenvalue weighted by molar-refractivity contribution is -0.384. The molecule has 0 N–H and O–H groups in total. The molecule has 8 nitrogen and oxygen atoms in total. The summed E-state index contributed by atoms with van der Waals surface area (Å²) in [5.41, 5.74) is -0.451. The zero-order valence-electron chi connectivity index (χ0n) is 12.6. The summed E-state index contributed by atoms with van der Waals surface area (Å²) in [4.78, 5) is 21.2. The highest BCUT2D eigenvalue weighted by Gasteiger charge is 2.08. The number of nitrogens with zero attached hydrogens (tertiary/aromatic N) is 3. The molecule has 3 rings (SSSR count). The predicted molar refractivity (Wildman–Crippen MR) is 85.0 cm³/mol. The quantitative estimate of drug-likeness (QED) is 0.411. The average Bonchev–Trinajstić information content (AvgIpc) is 2.60. The van der Waals surface area contributed by atoms with Crippen molar-refractivity contribution in [2.45, 2.75) is 0 Å². The van der Waals surface area contributed by atoms with Gasteiger partial charge in [0.25, 0.3) is 5.69 Å². The molecule has 0 aliphatic heterocycles. The maximum absolute atomic E-state index is 12.3. The Bertz CT molecular complexity index is 1010. The maximum Gasteiger partial charge on any atom is 0.269 e. The number of benzene rings is 3. The van der Waals surface area contributed by atoms with Crippen LogP contribution < -0.4 is 10.2 Å². The molecule has 0 fully saturated rings. The van der Waals surface area contributed by atoms with Gasteiger partial charge in [-0.25, -0.2) is 0 Å². The third kappa shape index (κ3) is 3.13. The number of carbonyl (C=O) groups is 1. The Morgan fingerprint density at radius 1 is 1.00 bits per heavy atom. The van der Waals surface area contributed by atoms with Gasteiger partial charge in [-0.05, 0) is 29.1 Å². The van der Waals surface area contributed by atoms with E-state index in [9.17, 15) is 25.1 Å². The van der Waals surface area contributed by atoms with Crippen molar-refractivity contribution in [3.05, 3.63) is 70.3 Å². The summed E-state index contributed by atoms with van der Waals surface area (Å²) in [6.45, 7) is 0. The van der Waals surface area contributed by atoms with Gasteiger partial charge in [0.15, 0.2) is 0 Å². The van der Waals surface area contributed by atoms with Crippen molar-refractivity contribution >= 4 is 33.8 Å². The van der Waals surface area contributed by atoms with Gasteiger partial charge in [0.1, 0.15) is 0 Å². The molecule has 0 aliphatic rings. The van der Waals surface area contributed by atoms with Crippen molar-refractivity contribution in [2.75, 3.05) is 0 Å². The number of non-ortho nitro benzene ring substituents is 1. The molecule has 0 saturated carbocycles. The molecule has 3 aromatic carbocycles. The minimum absolute atomic E-state index is 0.104. The van der Waals surface area contributed by atoms with Crippen LogP contribution in [0.15, 0.2) is 64.8 Å². The first-order valence-electron chi connectivity index (χ1n) is 7.07. The van der Waals surface area contributed by atoms with E-state index in [1.54, 1.807) is 24.3 Å². The number of hydrogen-bond donors (Lipinski definition) is 0. The van der Waals surface area contributed by atoms with Gasteiger partial charge >= 0.3 is 0 Å². The van der Waals surface area contributed by atoms with E-state index < -0.39 is 22.2 Å². The monoisotopic (exact) mass is 335 g/mol. The summed E-state index contributed by atoms with van der Waals surface area (Å²) < 4.78 is 0. The van der Waals surface area contributed by atoms with Crippen molar-refractivity contribution in [1.29, 1.82) is 0 Å². The van der Waals surface area contributed by atoms with Crippen LogP contribution in [-0.2, 0) is 0 Å². The molecular weight excluding hydrogens is 326 g/mol. The summed E-state index contributed by atoms with van der Waals surface area (Å²) >= 11 is 0. The first kappa shape index (κ1) is 16.1. The van der Waals surface area contributed by atoms with Gasteiger partial charge in [0.2, 0.25) is 0 Å². The molecule has 3 aromatic rings. The molecule has 8 heteroatoms. The molecule has 0 radical (unpaired) electrons. The fourth-order valence-corrected chi connectivity index (χ4v) is 2.31. The van der Waals surface area contributed by atoms with Crippen LogP contribution in [0.2, 0.25) is 0 Å². The fraction of sp³-hybridized carbons (Fsp3) is 0. The van der Waals surface area contributed by atoms with Crippen LogP contribution in [0, 0.1) is 10.1 Å². The van der Waals surface area contributed by atoms with Crippen LogP contribution >= 0.6 is 0 Å². The third-order valence-electron chi connectivity index (χ3n) is 3.52. The molecular formula is C17H9N3O5-2. The van der Waals surface area contributed by atoms with Crippen molar-refractivity contribution in [3.63, 3.8) is 0 Å². The Morgan fingerprint density at radius 3 is 2.32 bits per heavy atom. The largest absolute Gasteiger partial charge is 0.871 e. The first-order chi connectivity index (χ1) is 12.0. The van der Waals surface area contributed by atoms with Crippen molar-refractivity contribution in [1.82, 2.24) is 0 Å². The highest BCUT2D eigenvalue weighted by molar-refractivity contribution is 6.03. The topological polar surface area (TPSA) is 131 Å². The molecule has 0 unspecified atom stereocenters. The first-order valence-corrected chi connectivity index (χ1v) is 7.07. The van der Waals surface area contributed by atoms with Gasteiger partial charge in [0, 0.05) is 17.5 Å². The second-order valence-corrected chi connectivity index (χ2v) is 5.08. The van der Waals surface area contributed by atoms with E-state index >= 15 is 0 Å². The number of carboxylic acids is 1. The van der Waals surface area contributed by atoms with E-state index in [0.717, 1.165) is 0 Å². The summed E-state index contributed by atoms with van der Waals surface area (Å²) in [6, 6.07) is 13.1. The molecule has 0 amide bonds. The number of nitro benzene ring substituents is 1. The second-order valence-electron chi connectivity index (χ2n) is 5.08. The number of hydrogen-bond acceptors (Lipinski definition) is 7. The number of azo groups is 1. The van der Waals surface area contributed by atoms with Gasteiger partial charge in [-0.2, -0.15) is 10.2 Å². The lowest BCUT2D eigenvalue weighted by Crippen LogP contribution is -2.23. The second kappa shape index (κ2) is 6.36. The van der Waals surface area contributed by atoms with E-state index in [1.807, 2.05) is 0 Å². The van der Waals surface area contributed by atoms with E-state index in [2.05, 4.69) is 10.2 Å². The molecule has 0 saturated heterocycles. The van der Waals surface area contributed by atoms with Gasteiger partial charge < -0.3 is 15.0 Å². The minimum Gasteiger partial charge on any atom is -0.871 e. The van der Waals surface area contributed by atoms with Crippen LogP contribution in [0.4, 0.5) is 17.1 Å². The summed E-state index contributed by atoms with van der Waals surface area (Å²) in [5, 5.41) is 42.8. The van der Waals surface area contributed by atoms with Crippen molar-refractivity contribution in [2.24, 2.45) is 10.2 Å². The van der Waals surface area contributed by atoms with Crippen LogP contribution in [0.25, 0.3) is 10.8 Å². The highest BCUT2D eigenvalue weighted by atomic mass is 16.6. The summed E-state index contributed by atoms with van der Waals surface area (Å²) in [6.07, 6.45) is 0. The average molecular weight is 335 g/mol. The van der Waals surface area contributed by atoms with Crippen LogP contribution in [0.5, 0.6) is 5.75 Å². The SMILES string of the molecule is O=C([O-])c1cc2ccccc2c(N=Nc2ccc([N+](=O)[O-])cc2)c1[O-]. The van der Waals surface area contributed by atoms with Crippen LogP contribution in [0.3, 0.4) is 0 Å². The lowest BCUT2D eigenvalue weighted by Gasteiger charge is -2.18. The molecule has 0 heterocycles. The molecule has 0 aromatic heterocycles. The van der Waals surface area contributed by atoms with E-state index in [1.165, 1.54) is 30.3 Å². The molecule has 0 spiro atoms. The van der Waals surface area contributed by atoms with Gasteiger partial charge in [0.05, 0.1) is 22.3 Å². The number of rotatable bonds is 4. The van der Waals surface area contributed by atoms with Crippen LogP contribution in [-0.4, -0.2) is 10.9 Å². The number of nitro groups is 1. The lowest BCUT2D eigenvalue weighted by atomic mass is 10.0. The van der Waals surface area contributed by atoms with Gasteiger partial charge in [-0.3, -0.25) is 10.1 Å². The highest BCUT2D eigenvalue weighted by Crippen LogP contribution is 2.37. The molecule has 0 bridgehead atoms. The van der Waals surface area contributed by atoms with E-state index in [4.69, 9.17) is 0 Å². The normalized spacial score (nSPS) is 11.0. The standard InChI is InChI=1S/C17H11N3O5/c21-16-14(17(22)23)9-10-3-1-2-4-13(10)15(16)19-18-11-5-7-12(8-6-11)20(24)25/h1-9,21H,(H,22,23)/p-2. The van der Waals surface area contributed by atoms with E-state index in [-0.39, 0.29) is 17.1 Å². The maximum atomic E-state index is 12.3. The number of aromatic carboxylic acids is 1. The van der Waals surface area contributed by atoms with E-state index in [0.29, 0.717) is 10.8 Å². The summed E-state index contributed by atoms with van der Waals surface area (Å²) in [5.74, 6) is -2.40. The number of carbonyl (C=O) groups excluding carboxylic acids is 1. The zero-order valence-corrected chi connectivity index (χ0v) is 12.6. The Kier molecular flexibility index (Phi) is 4.09. The van der Waals surface area contributed by atoms with Gasteiger partial charge in [-0.15, -0.1) is 0 Å². The zero-order chi connectivity index (χ0) is 18.0. The van der Waals surface area contributed by atoms with Crippen molar-refractivity contribution < 1.29 is 19.9 Å². The predicted octanol–water partition coefficient (Wildman–Crippen LogP) is 2.60. The number of carboxylic acid groups (broad SMARTS) is 1. The molecule has 25 heavy (non-hydrogen) atoms. The van der Waals surface area contributed by atoms with Gasteiger partial charge in [-0.1, -0.05) is 30.0 Å². The summed E-state index contributed by atoms with van der Waals surface area (Å²) in [7, 11) is 0. The number of fused-ring (bicyclic) bond motifs is 1. The van der Waals surface area contributed by atoms with Crippen LogP contribution in [0.1, 0.15) is 10.4 Å². The third-order valence-corrected chi connectivity index (χ3v) is 3.52. The molecule has 0 atom stereocenters. The van der Waals surface area contributed by atoms with Crippen molar-refractivity contribution in [3.8, 4) is 5.75 Å². The Hall–Kier alpha value is -3.81. The Balaban J connectivity index is 2.09. The smallest absolute Gasteiger partial charge is 0.269 e. The fourth-order valence-electron chi connectivity index (χ4n) is 2.31. The molecule has 124 valence electrons.